The number of amides is 2. The highest BCUT2D eigenvalue weighted by Crippen LogP contribution is 2.50. The van der Waals surface area contributed by atoms with Crippen LogP contribution in [0.15, 0.2) is 48.2 Å². The maximum absolute atomic E-state index is 13.9. The summed E-state index contributed by atoms with van der Waals surface area (Å²) in [5.74, 6) is 0.496. The van der Waals surface area contributed by atoms with Crippen molar-refractivity contribution in [2.24, 2.45) is 5.41 Å². The van der Waals surface area contributed by atoms with E-state index in [4.69, 9.17) is 0 Å². The third kappa shape index (κ3) is 3.30. The minimum atomic E-state index is -0.479. The van der Waals surface area contributed by atoms with Gasteiger partial charge in [0.25, 0.3) is 0 Å². The molecule has 1 aromatic carbocycles. The molecule has 2 fully saturated rings. The van der Waals surface area contributed by atoms with E-state index in [0.717, 1.165) is 50.8 Å². The number of likely N-dealkylation sites (tertiary alicyclic amines) is 1. The van der Waals surface area contributed by atoms with Crippen molar-refractivity contribution in [1.29, 1.82) is 0 Å². The third-order valence-electron chi connectivity index (χ3n) is 7.67. The molecule has 0 aromatic heterocycles. The maximum Gasteiger partial charge on any atom is 0.235 e. The summed E-state index contributed by atoms with van der Waals surface area (Å²) < 4.78 is 0. The van der Waals surface area contributed by atoms with Crippen molar-refractivity contribution < 1.29 is 9.59 Å². The molecular weight excluding hydrogens is 372 g/mol. The highest BCUT2D eigenvalue weighted by molar-refractivity contribution is 5.92. The molecule has 0 spiro atoms. The molecule has 1 atom stereocenters. The Bertz CT molecular complexity index is 882. The van der Waals surface area contributed by atoms with E-state index >= 15 is 0 Å². The van der Waals surface area contributed by atoms with Crippen molar-refractivity contribution in [1.82, 2.24) is 9.80 Å². The summed E-state index contributed by atoms with van der Waals surface area (Å²) in [6.45, 7) is 1.45. The fourth-order valence-corrected chi connectivity index (χ4v) is 6.08. The van der Waals surface area contributed by atoms with Crippen molar-refractivity contribution in [2.75, 3.05) is 13.1 Å². The van der Waals surface area contributed by atoms with Crippen LogP contribution >= 0.6 is 0 Å². The van der Waals surface area contributed by atoms with Crippen LogP contribution in [0, 0.1) is 5.41 Å². The van der Waals surface area contributed by atoms with Gasteiger partial charge in [0.05, 0.1) is 5.41 Å². The first-order valence-corrected chi connectivity index (χ1v) is 11.8. The molecule has 4 aliphatic rings. The van der Waals surface area contributed by atoms with E-state index in [0.29, 0.717) is 25.4 Å². The molecule has 2 aliphatic carbocycles. The van der Waals surface area contributed by atoms with Crippen LogP contribution in [0.1, 0.15) is 69.8 Å². The monoisotopic (exact) mass is 404 g/mol. The summed E-state index contributed by atoms with van der Waals surface area (Å²) in [7, 11) is 0. The van der Waals surface area contributed by atoms with E-state index in [2.05, 4.69) is 41.3 Å². The predicted octanol–water partition coefficient (Wildman–Crippen LogP) is 4.92. The van der Waals surface area contributed by atoms with Crippen LogP contribution in [-0.4, -0.2) is 40.7 Å². The van der Waals surface area contributed by atoms with Crippen LogP contribution < -0.4 is 0 Å². The summed E-state index contributed by atoms with van der Waals surface area (Å²) in [5, 5.41) is 0. The van der Waals surface area contributed by atoms with Gasteiger partial charge in [-0.25, -0.2) is 0 Å². The Morgan fingerprint density at radius 2 is 1.77 bits per heavy atom. The molecule has 1 unspecified atom stereocenters. The van der Waals surface area contributed by atoms with E-state index in [9.17, 15) is 9.59 Å². The summed E-state index contributed by atoms with van der Waals surface area (Å²) in [6.07, 6.45) is 14.0. The molecule has 1 aromatic rings. The molecule has 30 heavy (non-hydrogen) atoms. The van der Waals surface area contributed by atoms with Gasteiger partial charge >= 0.3 is 0 Å². The third-order valence-corrected chi connectivity index (χ3v) is 7.67. The van der Waals surface area contributed by atoms with E-state index in [-0.39, 0.29) is 11.8 Å². The highest BCUT2D eigenvalue weighted by Gasteiger charge is 2.52. The Labute approximate surface area is 179 Å². The highest BCUT2D eigenvalue weighted by atomic mass is 16.2. The average Bonchev–Trinajstić information content (AvgIpc) is 3.34. The fraction of sp³-hybridized carbons (Fsp3) is 0.538. The van der Waals surface area contributed by atoms with Gasteiger partial charge in [-0.15, -0.1) is 0 Å². The zero-order chi connectivity index (χ0) is 20.6. The van der Waals surface area contributed by atoms with Crippen LogP contribution in [0.5, 0.6) is 0 Å². The van der Waals surface area contributed by atoms with Gasteiger partial charge in [0.1, 0.15) is 0 Å². The van der Waals surface area contributed by atoms with E-state index in [1.807, 2.05) is 11.0 Å². The number of nitrogens with zero attached hydrogens (tertiary/aromatic N) is 2. The topological polar surface area (TPSA) is 40.6 Å². The second-order valence-corrected chi connectivity index (χ2v) is 9.36. The number of carbonyl (C=O) groups is 2. The summed E-state index contributed by atoms with van der Waals surface area (Å²) >= 11 is 0. The summed E-state index contributed by atoms with van der Waals surface area (Å²) in [4.78, 5) is 31.0. The molecule has 2 heterocycles. The number of hydrogen-bond acceptors (Lipinski definition) is 2. The Morgan fingerprint density at radius 1 is 0.967 bits per heavy atom. The minimum absolute atomic E-state index is 0.239. The number of allylic oxidation sites excluding steroid dienone is 1. The molecule has 1 saturated carbocycles. The number of piperidine rings is 1. The van der Waals surface area contributed by atoms with Crippen molar-refractivity contribution in [3.8, 4) is 0 Å². The van der Waals surface area contributed by atoms with Crippen molar-refractivity contribution in [2.45, 2.75) is 70.3 Å². The number of hydrogen-bond donors (Lipinski definition) is 0. The molecule has 2 amide bonds. The quantitative estimate of drug-likeness (QED) is 0.717. The Balaban J connectivity index is 1.40. The van der Waals surface area contributed by atoms with E-state index < -0.39 is 5.41 Å². The zero-order valence-corrected chi connectivity index (χ0v) is 17.8. The van der Waals surface area contributed by atoms with Crippen molar-refractivity contribution >= 4 is 17.4 Å². The van der Waals surface area contributed by atoms with Gasteiger partial charge < -0.3 is 9.80 Å². The zero-order valence-electron chi connectivity index (χ0n) is 17.8. The van der Waals surface area contributed by atoms with Crippen LogP contribution in [0.3, 0.4) is 0 Å². The van der Waals surface area contributed by atoms with Gasteiger partial charge in [0.2, 0.25) is 11.8 Å². The number of rotatable bonds is 3. The predicted molar refractivity (Wildman–Crippen MR) is 118 cm³/mol. The van der Waals surface area contributed by atoms with Crippen LogP contribution in [-0.2, 0) is 9.59 Å². The van der Waals surface area contributed by atoms with Gasteiger partial charge in [-0.3, -0.25) is 9.59 Å². The number of benzene rings is 1. The maximum atomic E-state index is 13.9. The largest absolute Gasteiger partial charge is 0.338 e. The lowest BCUT2D eigenvalue weighted by Crippen LogP contribution is -2.56. The molecule has 4 heteroatoms. The first-order valence-electron chi connectivity index (χ1n) is 11.8. The van der Waals surface area contributed by atoms with E-state index in [1.165, 1.54) is 24.0 Å². The van der Waals surface area contributed by atoms with Crippen LogP contribution in [0.2, 0.25) is 0 Å². The molecule has 5 rings (SSSR count). The average molecular weight is 405 g/mol. The lowest BCUT2D eigenvalue weighted by Gasteiger charge is -2.49. The molecule has 4 nitrogen and oxygen atoms in total. The normalized spacial score (nSPS) is 27.5. The second kappa shape index (κ2) is 8.05. The minimum Gasteiger partial charge on any atom is -0.338 e. The van der Waals surface area contributed by atoms with E-state index in [1.54, 1.807) is 0 Å². The Hall–Kier alpha value is -2.36. The molecule has 0 radical (unpaired) electrons. The lowest BCUT2D eigenvalue weighted by atomic mass is 9.68. The first kappa shape index (κ1) is 19.6. The Morgan fingerprint density at radius 3 is 2.50 bits per heavy atom. The SMILES string of the molecule is O=C1CCC2(C(=O)N3CC=C(c4ccccc4)CC3)CCCC=C2N1C1CCCC1. The summed E-state index contributed by atoms with van der Waals surface area (Å²) in [6, 6.07) is 10.8. The standard InChI is InChI=1S/C26H32N2O2/c29-24-13-17-26(16-7-6-12-23(26)28(24)22-10-4-5-11-22)25(30)27-18-14-21(15-19-27)20-8-2-1-3-9-20/h1-3,8-9,12,14,22H,4-7,10-11,13,15-19H2. The molecule has 0 N–H and O–H groups in total. The molecule has 158 valence electrons. The van der Waals surface area contributed by atoms with Crippen molar-refractivity contribution in [3.05, 3.63) is 53.7 Å². The van der Waals surface area contributed by atoms with Crippen molar-refractivity contribution in [3.63, 3.8) is 0 Å². The molecule has 0 bridgehead atoms. The van der Waals surface area contributed by atoms with Gasteiger partial charge in [0, 0.05) is 31.2 Å². The van der Waals surface area contributed by atoms with Crippen LogP contribution in [0.25, 0.3) is 5.57 Å². The van der Waals surface area contributed by atoms with Gasteiger partial charge in [-0.1, -0.05) is 55.3 Å². The van der Waals surface area contributed by atoms with Gasteiger partial charge in [-0.05, 0) is 56.1 Å². The first-order chi connectivity index (χ1) is 14.7. The second-order valence-electron chi connectivity index (χ2n) is 9.36. The summed E-state index contributed by atoms with van der Waals surface area (Å²) in [5.41, 5.74) is 3.17. The van der Waals surface area contributed by atoms with Crippen LogP contribution in [0.4, 0.5) is 0 Å². The Kier molecular flexibility index (Phi) is 5.26. The number of carbonyl (C=O) groups excluding carboxylic acids is 2. The molecule has 2 aliphatic heterocycles. The molecular formula is C26H32N2O2. The van der Waals surface area contributed by atoms with Gasteiger partial charge in [0.15, 0.2) is 0 Å². The lowest BCUT2D eigenvalue weighted by molar-refractivity contribution is -0.148. The molecule has 1 saturated heterocycles. The van der Waals surface area contributed by atoms with Gasteiger partial charge in [-0.2, -0.15) is 0 Å². The fourth-order valence-electron chi connectivity index (χ4n) is 6.08. The smallest absolute Gasteiger partial charge is 0.235 e. The number of fused-ring (bicyclic) bond motifs is 1.